The molecule has 0 aliphatic carbocycles. The lowest BCUT2D eigenvalue weighted by Gasteiger charge is -2.13. The highest BCUT2D eigenvalue weighted by atomic mass is 16.7. The monoisotopic (exact) mass is 290 g/mol. The summed E-state index contributed by atoms with van der Waals surface area (Å²) in [5, 5.41) is 10.2. The molecule has 21 heavy (non-hydrogen) atoms. The largest absolute Gasteiger partial charge is 0.480 e. The number of fused-ring (bicyclic) bond motifs is 1. The highest BCUT2D eigenvalue weighted by Crippen LogP contribution is 2.25. The van der Waals surface area contributed by atoms with Crippen molar-refractivity contribution in [1.82, 2.24) is 10.5 Å². The van der Waals surface area contributed by atoms with Crippen LogP contribution in [-0.2, 0) is 20.8 Å². The van der Waals surface area contributed by atoms with E-state index in [4.69, 9.17) is 0 Å². The molecule has 6 nitrogen and oxygen atoms in total. The average molecular weight is 290 g/mol. The van der Waals surface area contributed by atoms with E-state index in [2.05, 4.69) is 21.4 Å². The first-order valence-electron chi connectivity index (χ1n) is 6.61. The van der Waals surface area contributed by atoms with Gasteiger partial charge in [0.25, 0.3) is 0 Å². The molecule has 1 heterocycles. The number of aromatic nitrogens is 1. The molecule has 1 atom stereocenters. The Hall–Kier alpha value is -2.34. The normalized spacial score (nSPS) is 12.3. The SMILES string of the molecule is CC(=O)ONC(Cc1c[nH]c2cc(C)cc(C)c12)C(=O)O. The van der Waals surface area contributed by atoms with Crippen molar-refractivity contribution in [2.75, 3.05) is 0 Å². The van der Waals surface area contributed by atoms with Gasteiger partial charge >= 0.3 is 11.9 Å². The van der Waals surface area contributed by atoms with Crippen LogP contribution in [0.4, 0.5) is 0 Å². The number of carboxylic acids is 1. The number of H-pyrrole nitrogens is 1. The number of benzene rings is 1. The van der Waals surface area contributed by atoms with Crippen LogP contribution in [0.1, 0.15) is 23.6 Å². The van der Waals surface area contributed by atoms with Gasteiger partial charge in [0.15, 0.2) is 0 Å². The van der Waals surface area contributed by atoms with E-state index >= 15 is 0 Å². The molecule has 0 aliphatic heterocycles. The minimum absolute atomic E-state index is 0.215. The van der Waals surface area contributed by atoms with Crippen molar-refractivity contribution in [3.05, 3.63) is 35.0 Å². The van der Waals surface area contributed by atoms with E-state index in [-0.39, 0.29) is 6.42 Å². The lowest BCUT2D eigenvalue weighted by molar-refractivity contribution is -0.155. The summed E-state index contributed by atoms with van der Waals surface area (Å²) < 4.78 is 0. The number of carbonyl (C=O) groups is 2. The van der Waals surface area contributed by atoms with Crippen LogP contribution in [0.15, 0.2) is 18.3 Å². The van der Waals surface area contributed by atoms with Crippen LogP contribution < -0.4 is 5.48 Å². The van der Waals surface area contributed by atoms with E-state index < -0.39 is 18.0 Å². The number of hydrogen-bond donors (Lipinski definition) is 3. The molecule has 0 amide bonds. The first-order valence-corrected chi connectivity index (χ1v) is 6.61. The second-order valence-electron chi connectivity index (χ2n) is 5.12. The van der Waals surface area contributed by atoms with Gasteiger partial charge in [0.1, 0.15) is 6.04 Å². The molecule has 0 saturated heterocycles. The van der Waals surface area contributed by atoms with Crippen molar-refractivity contribution in [2.45, 2.75) is 33.2 Å². The van der Waals surface area contributed by atoms with Gasteiger partial charge in [0.05, 0.1) is 0 Å². The maximum atomic E-state index is 11.2. The van der Waals surface area contributed by atoms with Gasteiger partial charge in [-0.25, -0.2) is 0 Å². The van der Waals surface area contributed by atoms with Gasteiger partial charge in [-0.15, -0.1) is 5.48 Å². The third-order valence-corrected chi connectivity index (χ3v) is 3.27. The second kappa shape index (κ2) is 5.97. The molecule has 3 N–H and O–H groups in total. The minimum atomic E-state index is -1.07. The molecule has 6 heteroatoms. The van der Waals surface area contributed by atoms with Gasteiger partial charge in [-0.2, -0.15) is 0 Å². The van der Waals surface area contributed by atoms with E-state index in [1.54, 1.807) is 6.20 Å². The van der Waals surface area contributed by atoms with Gasteiger partial charge in [-0.05, 0) is 36.6 Å². The van der Waals surface area contributed by atoms with Crippen molar-refractivity contribution < 1.29 is 19.5 Å². The van der Waals surface area contributed by atoms with E-state index in [0.29, 0.717) is 0 Å². The summed E-state index contributed by atoms with van der Waals surface area (Å²) in [6.07, 6.45) is 2.01. The molecule has 0 radical (unpaired) electrons. The van der Waals surface area contributed by atoms with Gasteiger partial charge < -0.3 is 14.9 Å². The molecular weight excluding hydrogens is 272 g/mol. The van der Waals surface area contributed by atoms with Crippen LogP contribution in [0, 0.1) is 13.8 Å². The number of hydroxylamine groups is 1. The predicted molar refractivity (Wildman–Crippen MR) is 77.8 cm³/mol. The summed E-state index contributed by atoms with van der Waals surface area (Å²) in [5.74, 6) is -1.65. The zero-order chi connectivity index (χ0) is 15.6. The molecular formula is C15H18N2O4. The second-order valence-corrected chi connectivity index (χ2v) is 5.12. The van der Waals surface area contributed by atoms with E-state index in [0.717, 1.165) is 27.6 Å². The molecule has 2 rings (SSSR count). The Morgan fingerprint density at radius 1 is 1.38 bits per heavy atom. The van der Waals surface area contributed by atoms with Crippen LogP contribution in [0.25, 0.3) is 10.9 Å². The number of carboxylic acid groups (broad SMARTS) is 1. The van der Waals surface area contributed by atoms with Gasteiger partial charge in [-0.3, -0.25) is 9.59 Å². The Balaban J connectivity index is 2.29. The Labute approximate surface area is 122 Å². The molecule has 112 valence electrons. The third kappa shape index (κ3) is 3.41. The number of nitrogens with one attached hydrogen (secondary N) is 2. The minimum Gasteiger partial charge on any atom is -0.480 e. The first kappa shape index (κ1) is 15.1. The zero-order valence-electron chi connectivity index (χ0n) is 12.2. The van der Waals surface area contributed by atoms with Crippen molar-refractivity contribution in [3.8, 4) is 0 Å². The number of aryl methyl sites for hydroxylation is 2. The number of hydrogen-bond acceptors (Lipinski definition) is 4. The van der Waals surface area contributed by atoms with Gasteiger partial charge in [-0.1, -0.05) is 6.07 Å². The number of aromatic amines is 1. The number of carbonyl (C=O) groups excluding carboxylic acids is 1. The maximum Gasteiger partial charge on any atom is 0.324 e. The molecule has 0 fully saturated rings. The Kier molecular flexibility index (Phi) is 4.28. The Morgan fingerprint density at radius 2 is 2.10 bits per heavy atom. The zero-order valence-corrected chi connectivity index (χ0v) is 12.2. The molecule has 1 aromatic heterocycles. The van der Waals surface area contributed by atoms with Crippen molar-refractivity contribution in [3.63, 3.8) is 0 Å². The Morgan fingerprint density at radius 3 is 2.71 bits per heavy atom. The summed E-state index contributed by atoms with van der Waals surface area (Å²) in [6, 6.07) is 3.07. The lowest BCUT2D eigenvalue weighted by atomic mass is 10.0. The van der Waals surface area contributed by atoms with Crippen LogP contribution in [0.3, 0.4) is 0 Å². The fraction of sp³-hybridized carbons (Fsp3) is 0.333. The van der Waals surface area contributed by atoms with Crippen molar-refractivity contribution in [2.24, 2.45) is 0 Å². The van der Waals surface area contributed by atoms with Crippen LogP contribution in [0.5, 0.6) is 0 Å². The quantitative estimate of drug-likeness (QED) is 0.731. The Bertz CT molecular complexity index is 690. The summed E-state index contributed by atoms with van der Waals surface area (Å²) >= 11 is 0. The van der Waals surface area contributed by atoms with Crippen molar-refractivity contribution >= 4 is 22.8 Å². The predicted octanol–water partition coefficient (Wildman–Crippen LogP) is 1.85. The van der Waals surface area contributed by atoms with Gasteiger partial charge in [0.2, 0.25) is 0 Å². The number of aliphatic carboxylic acids is 1. The summed E-state index contributed by atoms with van der Waals surface area (Å²) in [6.45, 7) is 5.21. The third-order valence-electron chi connectivity index (χ3n) is 3.27. The molecule has 1 unspecified atom stereocenters. The van der Waals surface area contributed by atoms with E-state index in [9.17, 15) is 14.7 Å². The fourth-order valence-electron chi connectivity index (χ4n) is 2.46. The topological polar surface area (TPSA) is 91.4 Å². The summed E-state index contributed by atoms with van der Waals surface area (Å²) in [7, 11) is 0. The molecule has 0 bridgehead atoms. The van der Waals surface area contributed by atoms with Gasteiger partial charge in [0, 0.05) is 30.4 Å². The van der Waals surface area contributed by atoms with Crippen LogP contribution >= 0.6 is 0 Å². The molecule has 2 aromatic rings. The van der Waals surface area contributed by atoms with Crippen LogP contribution in [0.2, 0.25) is 0 Å². The number of rotatable bonds is 5. The summed E-state index contributed by atoms with van der Waals surface area (Å²) in [4.78, 5) is 29.8. The van der Waals surface area contributed by atoms with Crippen LogP contribution in [-0.4, -0.2) is 28.1 Å². The maximum absolute atomic E-state index is 11.2. The van der Waals surface area contributed by atoms with E-state index in [1.807, 2.05) is 19.9 Å². The highest BCUT2D eigenvalue weighted by Gasteiger charge is 2.21. The smallest absolute Gasteiger partial charge is 0.324 e. The van der Waals surface area contributed by atoms with Crippen molar-refractivity contribution in [1.29, 1.82) is 0 Å². The van der Waals surface area contributed by atoms with E-state index in [1.165, 1.54) is 6.92 Å². The average Bonchev–Trinajstić information content (AvgIpc) is 2.76. The first-order chi connectivity index (χ1) is 9.88. The highest BCUT2D eigenvalue weighted by molar-refractivity contribution is 5.88. The molecule has 1 aromatic carbocycles. The fourth-order valence-corrected chi connectivity index (χ4v) is 2.46. The molecule has 0 spiro atoms. The standard InChI is InChI=1S/C15H18N2O4/c1-8-4-9(2)14-11(7-16-12(14)5-8)6-13(15(19)20)17-21-10(3)18/h4-5,7,13,16-17H,6H2,1-3H3,(H,19,20). The summed E-state index contributed by atoms with van der Waals surface area (Å²) in [5.41, 5.74) is 6.35. The molecule has 0 saturated carbocycles. The lowest BCUT2D eigenvalue weighted by Crippen LogP contribution is -2.39. The molecule has 0 aliphatic rings.